The first-order chi connectivity index (χ1) is 13.6. The predicted octanol–water partition coefficient (Wildman–Crippen LogP) is 4.52. The molecule has 3 rings (SSSR count). The lowest BCUT2D eigenvalue weighted by atomic mass is 10.2. The molecule has 28 heavy (non-hydrogen) atoms. The number of halogens is 1. The molecule has 6 nitrogen and oxygen atoms in total. The Balaban J connectivity index is 1.80. The molecule has 0 atom stereocenters. The molecule has 0 aliphatic rings. The molecule has 0 saturated heterocycles. The Morgan fingerprint density at radius 2 is 2.07 bits per heavy atom. The van der Waals surface area contributed by atoms with Crippen LogP contribution in [0.5, 0.6) is 5.75 Å². The number of hydrogen-bond acceptors (Lipinski definition) is 5. The molecule has 0 fully saturated rings. The van der Waals surface area contributed by atoms with Crippen molar-refractivity contribution in [1.82, 2.24) is 14.8 Å². The number of para-hydroxylation sites is 1. The van der Waals surface area contributed by atoms with E-state index < -0.39 is 0 Å². The molecule has 0 spiro atoms. The van der Waals surface area contributed by atoms with E-state index in [9.17, 15) is 4.79 Å². The van der Waals surface area contributed by atoms with E-state index in [4.69, 9.17) is 16.3 Å². The number of methoxy groups -OCH3 is 1. The molecule has 1 amide bonds. The second-order valence-corrected chi connectivity index (χ2v) is 7.13. The van der Waals surface area contributed by atoms with Crippen molar-refractivity contribution < 1.29 is 9.53 Å². The van der Waals surface area contributed by atoms with Gasteiger partial charge in [0.05, 0.1) is 18.4 Å². The van der Waals surface area contributed by atoms with Crippen LogP contribution in [0.2, 0.25) is 5.02 Å². The molecular formula is C20H19ClN4O2S. The fraction of sp³-hybridized carbons (Fsp3) is 0.150. The normalized spacial score (nSPS) is 10.5. The summed E-state index contributed by atoms with van der Waals surface area (Å²) in [6.45, 7) is 4.29. The Morgan fingerprint density at radius 1 is 1.29 bits per heavy atom. The molecule has 8 heteroatoms. The van der Waals surface area contributed by atoms with Crippen LogP contribution in [0.4, 0.5) is 5.69 Å². The number of nitrogens with zero attached hydrogens (tertiary/aromatic N) is 3. The highest BCUT2D eigenvalue weighted by Crippen LogP contribution is 2.33. The lowest BCUT2D eigenvalue weighted by Crippen LogP contribution is -2.14. The average Bonchev–Trinajstić information content (AvgIpc) is 3.10. The highest BCUT2D eigenvalue weighted by atomic mass is 35.5. The zero-order valence-corrected chi connectivity index (χ0v) is 16.8. The van der Waals surface area contributed by atoms with Crippen LogP contribution in [0.1, 0.15) is 0 Å². The fourth-order valence-corrected chi connectivity index (χ4v) is 3.51. The maximum absolute atomic E-state index is 12.2. The number of benzene rings is 2. The summed E-state index contributed by atoms with van der Waals surface area (Å²) in [5.74, 6) is 1.33. The average molecular weight is 415 g/mol. The molecule has 0 unspecified atom stereocenters. The van der Waals surface area contributed by atoms with Gasteiger partial charge in [0.1, 0.15) is 5.75 Å². The van der Waals surface area contributed by atoms with Gasteiger partial charge in [0.2, 0.25) is 5.91 Å². The zero-order chi connectivity index (χ0) is 19.9. The van der Waals surface area contributed by atoms with Gasteiger partial charge in [0.15, 0.2) is 11.0 Å². The Hall–Kier alpha value is -2.77. The Morgan fingerprint density at radius 3 is 2.79 bits per heavy atom. The van der Waals surface area contributed by atoms with Crippen LogP contribution in [-0.4, -0.2) is 33.5 Å². The van der Waals surface area contributed by atoms with Gasteiger partial charge in [-0.1, -0.05) is 47.6 Å². The molecule has 0 radical (unpaired) electrons. The number of nitrogens with one attached hydrogen (secondary N) is 1. The Kier molecular flexibility index (Phi) is 6.73. The van der Waals surface area contributed by atoms with Gasteiger partial charge in [-0.2, -0.15) is 0 Å². The van der Waals surface area contributed by atoms with E-state index in [1.165, 1.54) is 11.8 Å². The van der Waals surface area contributed by atoms with Crippen molar-refractivity contribution in [2.75, 3.05) is 18.2 Å². The van der Waals surface area contributed by atoms with Gasteiger partial charge in [-0.15, -0.1) is 16.8 Å². The summed E-state index contributed by atoms with van der Waals surface area (Å²) in [4.78, 5) is 12.2. The number of carbonyl (C=O) groups excluding carboxylic acids is 1. The standard InChI is InChI=1S/C20H19ClN4O2S/c1-3-11-25-19(16-12-14(21)9-10-17(16)27-2)23-24-20(25)28-13-18(26)22-15-7-5-4-6-8-15/h3-10,12H,1,11,13H2,2H3,(H,22,26). The van der Waals surface area contributed by atoms with Gasteiger partial charge in [-0.05, 0) is 30.3 Å². The molecule has 3 aromatic rings. The van der Waals surface area contributed by atoms with E-state index in [-0.39, 0.29) is 11.7 Å². The topological polar surface area (TPSA) is 69.0 Å². The number of allylic oxidation sites excluding steroid dienone is 1. The third kappa shape index (κ3) is 4.74. The number of ether oxygens (including phenoxy) is 1. The van der Waals surface area contributed by atoms with Gasteiger partial charge in [-0.3, -0.25) is 9.36 Å². The molecule has 0 aliphatic heterocycles. The minimum absolute atomic E-state index is 0.119. The summed E-state index contributed by atoms with van der Waals surface area (Å²) < 4.78 is 7.30. The smallest absolute Gasteiger partial charge is 0.234 e. The van der Waals surface area contributed by atoms with Crippen molar-refractivity contribution in [3.8, 4) is 17.1 Å². The Bertz CT molecular complexity index is 976. The lowest BCUT2D eigenvalue weighted by Gasteiger charge is -2.11. The van der Waals surface area contributed by atoms with Gasteiger partial charge >= 0.3 is 0 Å². The number of hydrogen-bond donors (Lipinski definition) is 1. The van der Waals surface area contributed by atoms with Crippen molar-refractivity contribution in [2.24, 2.45) is 0 Å². The quantitative estimate of drug-likeness (QED) is 0.433. The van der Waals surface area contributed by atoms with Crippen molar-refractivity contribution >= 4 is 35.0 Å². The highest BCUT2D eigenvalue weighted by molar-refractivity contribution is 7.99. The van der Waals surface area contributed by atoms with E-state index >= 15 is 0 Å². The first kappa shape index (κ1) is 20.0. The number of aromatic nitrogens is 3. The van der Waals surface area contributed by atoms with Crippen LogP contribution in [0, 0.1) is 0 Å². The molecule has 144 valence electrons. The first-order valence-corrected chi connectivity index (χ1v) is 9.84. The van der Waals surface area contributed by atoms with Gasteiger partial charge < -0.3 is 10.1 Å². The van der Waals surface area contributed by atoms with Crippen molar-refractivity contribution in [2.45, 2.75) is 11.7 Å². The number of anilines is 1. The molecule has 0 bridgehead atoms. The summed E-state index contributed by atoms with van der Waals surface area (Å²) in [5.41, 5.74) is 1.48. The summed E-state index contributed by atoms with van der Waals surface area (Å²) in [6.07, 6.45) is 1.75. The minimum Gasteiger partial charge on any atom is -0.496 e. The van der Waals surface area contributed by atoms with Gasteiger partial charge in [0.25, 0.3) is 0 Å². The molecule has 0 aliphatic carbocycles. The van der Waals surface area contributed by atoms with Crippen LogP contribution in [-0.2, 0) is 11.3 Å². The van der Waals surface area contributed by atoms with E-state index in [2.05, 4.69) is 22.1 Å². The van der Waals surface area contributed by atoms with Crippen molar-refractivity contribution in [1.29, 1.82) is 0 Å². The predicted molar refractivity (Wildman–Crippen MR) is 113 cm³/mol. The fourth-order valence-electron chi connectivity index (χ4n) is 2.59. The minimum atomic E-state index is -0.119. The van der Waals surface area contributed by atoms with Crippen LogP contribution in [0.25, 0.3) is 11.4 Å². The van der Waals surface area contributed by atoms with Crippen LogP contribution < -0.4 is 10.1 Å². The second kappa shape index (κ2) is 9.43. The first-order valence-electron chi connectivity index (χ1n) is 8.48. The summed E-state index contributed by atoms with van der Waals surface area (Å²) in [7, 11) is 1.59. The lowest BCUT2D eigenvalue weighted by molar-refractivity contribution is -0.113. The zero-order valence-electron chi connectivity index (χ0n) is 15.3. The summed E-state index contributed by atoms with van der Waals surface area (Å²) in [5, 5.41) is 12.6. The maximum atomic E-state index is 12.2. The SMILES string of the molecule is C=CCn1c(SCC(=O)Nc2ccccc2)nnc1-c1cc(Cl)ccc1OC. The van der Waals surface area contributed by atoms with Crippen LogP contribution in [0.15, 0.2) is 66.3 Å². The van der Waals surface area contributed by atoms with Gasteiger partial charge in [0, 0.05) is 17.3 Å². The monoisotopic (exact) mass is 414 g/mol. The maximum Gasteiger partial charge on any atom is 0.234 e. The number of amides is 1. The largest absolute Gasteiger partial charge is 0.496 e. The summed E-state index contributed by atoms with van der Waals surface area (Å²) in [6, 6.07) is 14.6. The van der Waals surface area contributed by atoms with Gasteiger partial charge in [-0.25, -0.2) is 0 Å². The molecule has 0 saturated carbocycles. The third-order valence-electron chi connectivity index (χ3n) is 3.82. The van der Waals surface area contributed by atoms with E-state index in [0.29, 0.717) is 28.3 Å². The highest BCUT2D eigenvalue weighted by Gasteiger charge is 2.18. The van der Waals surface area contributed by atoms with Crippen molar-refractivity contribution in [3.63, 3.8) is 0 Å². The number of thioether (sulfide) groups is 1. The molecule has 1 N–H and O–H groups in total. The van der Waals surface area contributed by atoms with Crippen molar-refractivity contribution in [3.05, 3.63) is 66.2 Å². The summed E-state index contributed by atoms with van der Waals surface area (Å²) >= 11 is 7.45. The van der Waals surface area contributed by atoms with Crippen LogP contribution in [0.3, 0.4) is 0 Å². The molecule has 1 aromatic heterocycles. The number of rotatable bonds is 8. The van der Waals surface area contributed by atoms with E-state index in [1.54, 1.807) is 31.4 Å². The van der Waals surface area contributed by atoms with E-state index in [1.807, 2.05) is 34.9 Å². The molecule has 1 heterocycles. The van der Waals surface area contributed by atoms with E-state index in [0.717, 1.165) is 11.3 Å². The molecular weight excluding hydrogens is 396 g/mol. The second-order valence-electron chi connectivity index (χ2n) is 5.75. The molecule has 2 aromatic carbocycles. The van der Waals surface area contributed by atoms with Crippen LogP contribution >= 0.6 is 23.4 Å². The Labute approximate surface area is 172 Å². The third-order valence-corrected chi connectivity index (χ3v) is 5.02. The number of carbonyl (C=O) groups is 1.